The largest absolute Gasteiger partial charge is 0.469 e. The highest BCUT2D eigenvalue weighted by Gasteiger charge is 2.60. The molecule has 0 aliphatic carbocycles. The van der Waals surface area contributed by atoms with E-state index in [0.717, 1.165) is 13.8 Å². The molecule has 0 aromatic heterocycles. The number of nitrogens with one attached hydrogen (secondary N) is 2. The van der Waals surface area contributed by atoms with Gasteiger partial charge in [-0.1, -0.05) is 0 Å². The topological polar surface area (TPSA) is 775 Å². The van der Waals surface area contributed by atoms with E-state index in [1.54, 1.807) is 0 Å². The van der Waals surface area contributed by atoms with E-state index in [4.69, 9.17) is 71.1 Å². The van der Waals surface area contributed by atoms with Crippen LogP contribution in [0.1, 0.15) is 13.8 Å². The van der Waals surface area contributed by atoms with E-state index in [2.05, 4.69) is 19.7 Å². The molecule has 0 saturated carbocycles. The third kappa shape index (κ3) is 20.4. The molecule has 51 heteroatoms. The third-order valence-electron chi connectivity index (χ3n) is 17.9. The van der Waals surface area contributed by atoms with Crippen LogP contribution in [0.15, 0.2) is 0 Å². The lowest BCUT2D eigenvalue weighted by molar-refractivity contribution is -0.399. The van der Waals surface area contributed by atoms with Gasteiger partial charge in [0.1, 0.15) is 195 Å². The number of aliphatic hydroxyl groups is 22. The first kappa shape index (κ1) is 86.3. The van der Waals surface area contributed by atoms with Gasteiger partial charge in [0.25, 0.3) is 0 Å². The fourth-order valence-corrected chi connectivity index (χ4v) is 13.1. The second-order valence-corrected chi connectivity index (χ2v) is 27.6. The quantitative estimate of drug-likeness (QED) is 0.0324. The molecule has 28 N–H and O–H groups in total. The Kier molecular flexibility index (Phi) is 30.7. The summed E-state index contributed by atoms with van der Waals surface area (Å²) in [5.41, 5.74) is 0. The van der Waals surface area contributed by atoms with E-state index in [0.29, 0.717) is 0 Å². The number of ether oxygens (including phenoxy) is 15. The maximum Gasteiger partial charge on any atom is 0.469 e. The number of amides is 2. The van der Waals surface area contributed by atoms with Gasteiger partial charge in [-0.05, 0) is 0 Å². The average Bonchev–Trinajstić information content (AvgIpc) is 0.773. The highest BCUT2D eigenvalue weighted by atomic mass is 31.2. The zero-order valence-corrected chi connectivity index (χ0v) is 55.6. The van der Waals surface area contributed by atoms with Gasteiger partial charge in [0, 0.05) is 13.8 Å². The van der Waals surface area contributed by atoms with Crippen molar-refractivity contribution in [3.8, 4) is 0 Å². The van der Waals surface area contributed by atoms with E-state index in [-0.39, 0.29) is 0 Å². The van der Waals surface area contributed by atoms with Crippen molar-refractivity contribution in [3.63, 3.8) is 0 Å². The summed E-state index contributed by atoms with van der Waals surface area (Å²) in [6.45, 7) is -7.23. The first-order valence-electron chi connectivity index (χ1n) is 31.6. The molecular formula is C52H90N2O47P2. The standard InChI is InChI=1S/C52H90N2O47P2/c1-11(59)53-21-29(67)40(15(5-57)89-45(21)78)97-46-22(54-12(2)60)30(68)41(16(6-58)92-46)98-51-39(77)43(100-52-44(34(72)24(62)14(4-56)91-52)101-50-37(75)33(71)26(64)20(96-50)10-88-103(82,83)84)28(66)18(95-51)8-86-48-38(76)42(99-49-36(74)31(69)23(61)13(3-55)90-49)27(65)17(93-48)7-85-47-35(73)32(70)25(63)19(94-47)9-87-102(79,80)81/h13-52,55-58,61-78H,3-10H2,1-2H3,(H,53,59)(H,54,60)(H2,79,80,81)(H2,82,83,84)/t13-,14-,15-,16-,17-,18-,19-,20-,21-,22-,23-,24-,25-,26-,27-,28-,29-,30-,31+,32+,33+,34+,35+,36+,37+,38+,39+,40-,41-,42+,43+,44+,45?,46+,47+,48+,49-,50-,51+,52-/m1/s1. The Bertz CT molecular complexity index is 2770. The Morgan fingerprint density at radius 2 is 0.602 bits per heavy atom. The minimum atomic E-state index is -5.35. The molecule has 600 valence electrons. The van der Waals surface area contributed by atoms with E-state index in [9.17, 15) is 151 Å². The molecule has 0 radical (unpaired) electrons. The van der Waals surface area contributed by atoms with Gasteiger partial charge in [-0.25, -0.2) is 9.13 Å². The first-order chi connectivity index (χ1) is 48.2. The number of phosphoric acid groups is 2. The monoisotopic (exact) mass is 1560 g/mol. The Morgan fingerprint density at radius 1 is 0.301 bits per heavy atom. The van der Waals surface area contributed by atoms with Gasteiger partial charge in [0.15, 0.2) is 50.3 Å². The number of hydrogen-bond acceptors (Lipinski definition) is 43. The fraction of sp³-hybridized carbons (Fsp3) is 0.962. The van der Waals surface area contributed by atoms with Gasteiger partial charge in [0.2, 0.25) is 11.8 Å². The molecule has 8 aliphatic heterocycles. The first-order valence-corrected chi connectivity index (χ1v) is 34.7. The molecule has 0 aromatic carbocycles. The third-order valence-corrected chi connectivity index (χ3v) is 18.8. The number of phosphoric ester groups is 2. The van der Waals surface area contributed by atoms with Crippen LogP contribution < -0.4 is 10.6 Å². The normalized spacial score (nSPS) is 48.1. The molecule has 2 amide bonds. The van der Waals surface area contributed by atoms with Crippen molar-refractivity contribution >= 4 is 27.5 Å². The SMILES string of the molecule is CC(=O)N[C@H]1[C@H](O[C@H]2[C@H](O)[C@@H](NC(C)=O)C(O)O[C@@H]2CO)O[C@H](CO)[C@@H](O[C@@H]2O[C@H](CO[C@H]3O[C@H](CO[C@H]4O[C@H](COP(=O)(O)O)[C@@H](O)[C@H](O)[C@@H]4O)[C@@H](O)[C@H](O[C@H]4O[C@H](CO)[C@@H](O)[C@H](O)[C@@H]4O)[C@@H]3O)[C@@H](O)[C@H](O[C@H]3O[C@H](CO)[C@@H](O)[C@H](O)[C@@H]3O[C@H]3O[C@H](COP(=O)(O)O)[C@@H](O)[C@H](O)[C@@H]3O)[C@@H]2O)[C@@H]1O. The van der Waals surface area contributed by atoms with Gasteiger partial charge in [-0.2, -0.15) is 0 Å². The summed E-state index contributed by atoms with van der Waals surface area (Å²) >= 11 is 0. The molecule has 8 rings (SSSR count). The summed E-state index contributed by atoms with van der Waals surface area (Å²) in [5, 5.41) is 248. The Hall–Kier alpha value is -2.32. The molecule has 0 spiro atoms. The van der Waals surface area contributed by atoms with Crippen molar-refractivity contribution < 1.29 is 231 Å². The maximum atomic E-state index is 12.9. The van der Waals surface area contributed by atoms with Crippen LogP contribution in [-0.4, -0.2) is 442 Å². The van der Waals surface area contributed by atoms with Gasteiger partial charge in [-0.3, -0.25) is 18.6 Å². The van der Waals surface area contributed by atoms with Crippen molar-refractivity contribution in [1.29, 1.82) is 0 Å². The van der Waals surface area contributed by atoms with Crippen molar-refractivity contribution in [1.82, 2.24) is 10.6 Å². The van der Waals surface area contributed by atoms with E-state index >= 15 is 0 Å². The minimum absolute atomic E-state index is 0.795. The molecular weight excluding hydrogens is 1470 g/mol. The lowest BCUT2D eigenvalue weighted by Gasteiger charge is -2.50. The molecule has 8 fully saturated rings. The maximum absolute atomic E-state index is 12.9. The van der Waals surface area contributed by atoms with Crippen LogP contribution in [0.5, 0.6) is 0 Å². The smallest absolute Gasteiger partial charge is 0.394 e. The summed E-state index contributed by atoms with van der Waals surface area (Å²) in [7, 11) is -10.6. The zero-order valence-electron chi connectivity index (χ0n) is 53.8. The predicted octanol–water partition coefficient (Wildman–Crippen LogP) is -17.9. The predicted molar refractivity (Wildman–Crippen MR) is 309 cm³/mol. The van der Waals surface area contributed by atoms with Gasteiger partial charge >= 0.3 is 15.6 Å². The molecule has 8 heterocycles. The molecule has 8 aliphatic rings. The van der Waals surface area contributed by atoms with E-state index in [1.165, 1.54) is 0 Å². The van der Waals surface area contributed by atoms with Gasteiger partial charge < -0.3 is 214 Å². The van der Waals surface area contributed by atoms with E-state index in [1.807, 2.05) is 0 Å². The molecule has 40 atom stereocenters. The Labute approximate surface area is 579 Å². The summed E-state index contributed by atoms with van der Waals surface area (Å²) in [6.07, 6.45) is -82.7. The van der Waals surface area contributed by atoms with Crippen molar-refractivity contribution in [2.75, 3.05) is 52.9 Å². The number of carbonyl (C=O) groups is 2. The summed E-state index contributed by atoms with van der Waals surface area (Å²) in [4.78, 5) is 62.2. The summed E-state index contributed by atoms with van der Waals surface area (Å²) in [6, 6.07) is -3.59. The molecule has 0 aromatic rings. The average molecular weight is 1560 g/mol. The van der Waals surface area contributed by atoms with Crippen molar-refractivity contribution in [2.45, 2.75) is 259 Å². The van der Waals surface area contributed by atoms with Crippen LogP contribution in [0.3, 0.4) is 0 Å². The van der Waals surface area contributed by atoms with Crippen LogP contribution in [0.2, 0.25) is 0 Å². The van der Waals surface area contributed by atoms with Crippen LogP contribution >= 0.6 is 15.6 Å². The molecule has 1 unspecified atom stereocenters. The lowest BCUT2D eigenvalue weighted by atomic mass is 9.94. The number of hydrogen-bond donors (Lipinski definition) is 28. The highest BCUT2D eigenvalue weighted by molar-refractivity contribution is 7.46. The highest BCUT2D eigenvalue weighted by Crippen LogP contribution is 2.41. The van der Waals surface area contributed by atoms with Gasteiger partial charge in [-0.15, -0.1) is 0 Å². The molecule has 0 bridgehead atoms. The Balaban J connectivity index is 1.13. The van der Waals surface area contributed by atoms with Crippen LogP contribution in [0.4, 0.5) is 0 Å². The minimum Gasteiger partial charge on any atom is -0.394 e. The fourth-order valence-electron chi connectivity index (χ4n) is 12.4. The van der Waals surface area contributed by atoms with Crippen LogP contribution in [0, 0.1) is 0 Å². The summed E-state index contributed by atoms with van der Waals surface area (Å²) < 4.78 is 118. The molecule has 103 heavy (non-hydrogen) atoms. The van der Waals surface area contributed by atoms with Crippen molar-refractivity contribution in [3.05, 3.63) is 0 Å². The lowest BCUT2D eigenvalue weighted by Crippen LogP contribution is -2.70. The van der Waals surface area contributed by atoms with E-state index < -0.39 is 326 Å². The second kappa shape index (κ2) is 36.7. The zero-order chi connectivity index (χ0) is 76.3. The number of aliphatic hydroxyl groups excluding tert-OH is 22. The summed E-state index contributed by atoms with van der Waals surface area (Å²) in [5.74, 6) is -1.75. The molecule has 8 saturated heterocycles. The van der Waals surface area contributed by atoms with Crippen molar-refractivity contribution in [2.24, 2.45) is 0 Å². The van der Waals surface area contributed by atoms with Crippen LogP contribution in [0.25, 0.3) is 0 Å². The van der Waals surface area contributed by atoms with Gasteiger partial charge in [0.05, 0.1) is 52.9 Å². The molecule has 49 nitrogen and oxygen atoms in total. The Morgan fingerprint density at radius 3 is 1.05 bits per heavy atom. The number of carbonyl (C=O) groups excluding carboxylic acids is 2. The second-order valence-electron chi connectivity index (χ2n) is 25.1. The van der Waals surface area contributed by atoms with Crippen LogP contribution in [-0.2, 0) is 98.8 Å². The number of rotatable bonds is 28.